The van der Waals surface area contributed by atoms with Crippen LogP contribution in [0.4, 0.5) is 8.78 Å². The van der Waals surface area contributed by atoms with Crippen LogP contribution in [0.25, 0.3) is 0 Å². The molecule has 0 saturated carbocycles. The number of fused-ring (bicyclic) bond motifs is 2. The Morgan fingerprint density at radius 1 is 1.12 bits per heavy atom. The summed E-state index contributed by atoms with van der Waals surface area (Å²) in [6, 6.07) is 18.6. The second-order valence-corrected chi connectivity index (χ2v) is 9.94. The standard InChI is InChI=1S/C19H30N2O3.C8H10.C6H6F2/c1-14-9-19(24-8-7-23-2)6-3-15(14)12-21-17-4-5-18(21)11-16(10-17)20-13-22;1-2-8-6-4-3-5-7-8;1-2-3-6(8)4-5-7/h3,6,9,16-18,20,22H,4-5,7-8,10-13H2,1-2H3;3-7H,2H2,1H3;2-5H,1H2/b;;5-4+,6-3+. The fourth-order valence-electron chi connectivity index (χ4n) is 5.15. The monoisotopic (exact) mass is 556 g/mol. The Balaban J connectivity index is 0.000000286. The van der Waals surface area contributed by atoms with Gasteiger partial charge >= 0.3 is 0 Å². The second-order valence-electron chi connectivity index (χ2n) is 9.94. The van der Waals surface area contributed by atoms with Gasteiger partial charge in [-0.3, -0.25) is 10.2 Å². The number of ether oxygens (including phenoxy) is 2. The second kappa shape index (κ2) is 19.3. The van der Waals surface area contributed by atoms with E-state index in [-0.39, 0.29) is 13.1 Å². The van der Waals surface area contributed by atoms with Crippen LogP contribution in [0.5, 0.6) is 5.75 Å². The minimum atomic E-state index is -0.637. The van der Waals surface area contributed by atoms with Crippen LogP contribution in [0.3, 0.4) is 0 Å². The predicted molar refractivity (Wildman–Crippen MR) is 160 cm³/mol. The van der Waals surface area contributed by atoms with E-state index in [1.807, 2.05) is 6.07 Å². The molecule has 4 rings (SSSR count). The number of allylic oxidation sites excluding steroid dienone is 4. The summed E-state index contributed by atoms with van der Waals surface area (Å²) in [5.41, 5.74) is 4.09. The van der Waals surface area contributed by atoms with Crippen molar-refractivity contribution in [3.63, 3.8) is 0 Å². The van der Waals surface area contributed by atoms with Gasteiger partial charge in [-0.15, -0.1) is 0 Å². The molecule has 2 N–H and O–H groups in total. The topological polar surface area (TPSA) is 54.0 Å². The molecule has 2 atom stereocenters. The van der Waals surface area contributed by atoms with Crippen molar-refractivity contribution in [1.82, 2.24) is 10.2 Å². The zero-order valence-corrected chi connectivity index (χ0v) is 24.2. The SMILES string of the molecule is C=C/C=C(F)\C=C\F.CCc1ccccc1.COCCOc1ccc(CN2C3CCC2CC(NCO)C3)c(C)c1. The van der Waals surface area contributed by atoms with Gasteiger partial charge in [0.1, 0.15) is 18.2 Å². The lowest BCUT2D eigenvalue weighted by atomic mass is 9.96. The van der Waals surface area contributed by atoms with E-state index >= 15 is 0 Å². The summed E-state index contributed by atoms with van der Waals surface area (Å²) in [5.74, 6) is 0.282. The van der Waals surface area contributed by atoms with Gasteiger partial charge in [0.2, 0.25) is 0 Å². The van der Waals surface area contributed by atoms with Gasteiger partial charge in [0.25, 0.3) is 0 Å². The van der Waals surface area contributed by atoms with Crippen molar-refractivity contribution in [3.05, 3.63) is 102 Å². The zero-order valence-electron chi connectivity index (χ0n) is 24.2. The molecule has 0 aliphatic carbocycles. The van der Waals surface area contributed by atoms with E-state index in [1.165, 1.54) is 35.6 Å². The van der Waals surface area contributed by atoms with Gasteiger partial charge in [0.05, 0.1) is 19.7 Å². The Morgan fingerprint density at radius 3 is 2.35 bits per heavy atom. The van der Waals surface area contributed by atoms with Crippen LogP contribution in [0.1, 0.15) is 49.3 Å². The van der Waals surface area contributed by atoms with Crippen LogP contribution < -0.4 is 10.1 Å². The fraction of sp³-hybridized carbons (Fsp3) is 0.455. The molecule has 2 aliphatic rings. The van der Waals surface area contributed by atoms with E-state index in [0.29, 0.717) is 37.4 Å². The van der Waals surface area contributed by atoms with Crippen molar-refractivity contribution in [2.45, 2.75) is 70.6 Å². The maximum Gasteiger partial charge on any atom is 0.125 e. The number of aliphatic hydroxyl groups is 1. The number of aliphatic hydroxyl groups excluding tert-OH is 1. The van der Waals surface area contributed by atoms with Crippen molar-refractivity contribution in [3.8, 4) is 5.75 Å². The largest absolute Gasteiger partial charge is 0.491 e. The molecule has 0 aromatic heterocycles. The average Bonchev–Trinajstić information content (AvgIpc) is 3.18. The number of nitrogens with zero attached hydrogens (tertiary/aromatic N) is 1. The highest BCUT2D eigenvalue weighted by Crippen LogP contribution is 2.37. The van der Waals surface area contributed by atoms with Crippen LogP contribution in [0.2, 0.25) is 0 Å². The van der Waals surface area contributed by atoms with Gasteiger partial charge in [-0.25, -0.2) is 8.78 Å². The van der Waals surface area contributed by atoms with E-state index < -0.39 is 5.83 Å². The Bertz CT molecular complexity index is 1030. The fourth-order valence-corrected chi connectivity index (χ4v) is 5.15. The summed E-state index contributed by atoms with van der Waals surface area (Å²) in [5, 5.41) is 12.3. The number of benzene rings is 2. The van der Waals surface area contributed by atoms with Crippen LogP contribution in [0, 0.1) is 6.92 Å². The van der Waals surface area contributed by atoms with Crippen molar-refractivity contribution in [1.29, 1.82) is 0 Å². The van der Waals surface area contributed by atoms with E-state index in [9.17, 15) is 8.78 Å². The van der Waals surface area contributed by atoms with Crippen molar-refractivity contribution in [2.75, 3.05) is 27.1 Å². The van der Waals surface area contributed by atoms with Crippen molar-refractivity contribution < 1.29 is 23.4 Å². The summed E-state index contributed by atoms with van der Waals surface area (Å²) in [4.78, 5) is 2.67. The van der Waals surface area contributed by atoms with Crippen LogP contribution >= 0.6 is 0 Å². The quantitative estimate of drug-likeness (QED) is 0.181. The molecule has 2 heterocycles. The van der Waals surface area contributed by atoms with Crippen LogP contribution in [-0.2, 0) is 17.7 Å². The Labute approximate surface area is 239 Å². The summed E-state index contributed by atoms with van der Waals surface area (Å²) in [6.07, 6.45) is 9.16. The highest BCUT2D eigenvalue weighted by Gasteiger charge is 2.40. The smallest absolute Gasteiger partial charge is 0.125 e. The lowest BCUT2D eigenvalue weighted by Gasteiger charge is -2.39. The maximum atomic E-state index is 11.9. The number of methoxy groups -OCH3 is 1. The number of nitrogens with one attached hydrogen (secondary N) is 1. The first-order valence-corrected chi connectivity index (χ1v) is 14.1. The summed E-state index contributed by atoms with van der Waals surface area (Å²) in [7, 11) is 1.69. The number of aryl methyl sites for hydroxylation is 2. The minimum Gasteiger partial charge on any atom is -0.491 e. The van der Waals surface area contributed by atoms with Gasteiger partial charge < -0.3 is 14.6 Å². The number of rotatable bonds is 11. The third-order valence-corrected chi connectivity index (χ3v) is 7.24. The van der Waals surface area contributed by atoms with Crippen LogP contribution in [-0.4, -0.2) is 55.2 Å². The van der Waals surface area contributed by atoms with E-state index in [1.54, 1.807) is 7.11 Å². The summed E-state index contributed by atoms with van der Waals surface area (Å²) in [6.45, 7) is 9.85. The molecule has 0 amide bonds. The molecule has 2 fully saturated rings. The maximum absolute atomic E-state index is 11.9. The molecule has 7 heteroatoms. The molecule has 2 bridgehead atoms. The van der Waals surface area contributed by atoms with Crippen LogP contribution in [0.15, 0.2) is 85.5 Å². The Kier molecular flexibility index (Phi) is 16.1. The van der Waals surface area contributed by atoms with Crippen molar-refractivity contribution >= 4 is 0 Å². The number of piperidine rings is 1. The number of hydrogen-bond donors (Lipinski definition) is 2. The zero-order chi connectivity index (χ0) is 29.2. The minimum absolute atomic E-state index is 0.0910. The van der Waals surface area contributed by atoms with Gasteiger partial charge in [0, 0.05) is 37.9 Å². The third-order valence-electron chi connectivity index (χ3n) is 7.24. The van der Waals surface area contributed by atoms with Gasteiger partial charge in [-0.2, -0.15) is 0 Å². The van der Waals surface area contributed by atoms with Crippen molar-refractivity contribution in [2.24, 2.45) is 0 Å². The number of hydrogen-bond acceptors (Lipinski definition) is 5. The molecule has 2 aromatic rings. The molecule has 0 spiro atoms. The Hall–Kier alpha value is -2.84. The lowest BCUT2D eigenvalue weighted by Crippen LogP contribution is -2.48. The van der Waals surface area contributed by atoms with Gasteiger partial charge in [-0.1, -0.05) is 56.0 Å². The first-order chi connectivity index (χ1) is 19.4. The molecular formula is C33H46F2N2O3. The molecule has 220 valence electrons. The average molecular weight is 557 g/mol. The third kappa shape index (κ3) is 11.7. The summed E-state index contributed by atoms with van der Waals surface area (Å²) < 4.78 is 33.7. The predicted octanol–water partition coefficient (Wildman–Crippen LogP) is 6.81. The first-order valence-electron chi connectivity index (χ1n) is 14.1. The lowest BCUT2D eigenvalue weighted by molar-refractivity contribution is 0.0972. The molecular weight excluding hydrogens is 510 g/mol. The molecule has 2 saturated heterocycles. The summed E-state index contributed by atoms with van der Waals surface area (Å²) >= 11 is 0. The van der Waals surface area contributed by atoms with E-state index in [4.69, 9.17) is 14.6 Å². The molecule has 40 heavy (non-hydrogen) atoms. The molecule has 5 nitrogen and oxygen atoms in total. The Morgan fingerprint density at radius 2 is 1.82 bits per heavy atom. The van der Waals surface area contributed by atoms with E-state index in [0.717, 1.165) is 37.6 Å². The van der Waals surface area contributed by atoms with Gasteiger partial charge in [0.15, 0.2) is 0 Å². The molecule has 2 aromatic carbocycles. The van der Waals surface area contributed by atoms with E-state index in [2.05, 4.69) is 73.1 Å². The molecule has 2 aliphatic heterocycles. The first kappa shape index (κ1) is 33.4. The highest BCUT2D eigenvalue weighted by molar-refractivity contribution is 5.35. The number of halogens is 2. The normalized spacial score (nSPS) is 20.4. The molecule has 0 radical (unpaired) electrons. The molecule has 2 unspecified atom stereocenters. The highest BCUT2D eigenvalue weighted by atomic mass is 19.1. The van der Waals surface area contributed by atoms with Gasteiger partial charge in [-0.05, 0) is 73.9 Å².